The van der Waals surface area contributed by atoms with Crippen molar-refractivity contribution in [3.05, 3.63) is 0 Å². The van der Waals surface area contributed by atoms with Crippen LogP contribution in [0.2, 0.25) is 0 Å². The van der Waals surface area contributed by atoms with Crippen molar-refractivity contribution in [3.63, 3.8) is 0 Å². The fourth-order valence-corrected chi connectivity index (χ4v) is 4.83. The van der Waals surface area contributed by atoms with E-state index in [1.807, 2.05) is 0 Å². The van der Waals surface area contributed by atoms with Crippen LogP contribution in [0, 0.1) is 0 Å². The van der Waals surface area contributed by atoms with Gasteiger partial charge in [-0.15, -0.1) is 0 Å². The first-order valence-corrected chi connectivity index (χ1v) is 15.4. The van der Waals surface area contributed by atoms with Crippen LogP contribution >= 0.6 is 0 Å². The van der Waals surface area contributed by atoms with Gasteiger partial charge in [-0.1, -0.05) is 6.92 Å². The molecule has 6 heteroatoms. The molecule has 0 saturated carbocycles. The van der Waals surface area contributed by atoms with Gasteiger partial charge in [0, 0.05) is 50.1 Å². The summed E-state index contributed by atoms with van der Waals surface area (Å²) < 4.78 is 13.7. The minimum atomic E-state index is 0.601. The van der Waals surface area contributed by atoms with Crippen LogP contribution < -0.4 is 0 Å². The van der Waals surface area contributed by atoms with Crippen molar-refractivity contribution in [3.8, 4) is 0 Å². The minimum absolute atomic E-state index is 0.601. The van der Waals surface area contributed by atoms with E-state index in [2.05, 4.69) is 107 Å². The molecule has 37 heavy (non-hydrogen) atoms. The van der Waals surface area contributed by atoms with E-state index < -0.39 is 0 Å². The van der Waals surface area contributed by atoms with E-state index in [0.29, 0.717) is 24.2 Å². The molecule has 0 spiro atoms. The van der Waals surface area contributed by atoms with Crippen molar-refractivity contribution in [2.45, 2.75) is 113 Å². The summed E-state index contributed by atoms with van der Waals surface area (Å²) in [5.74, 6) is 0. The largest absolute Gasteiger partial charge is 0.380 e. The molecule has 0 radical (unpaired) electrons. The summed E-state index contributed by atoms with van der Waals surface area (Å²) in [6.07, 6.45) is 3.58. The molecule has 6 nitrogen and oxygen atoms in total. The second kappa shape index (κ2) is 21.6. The Labute approximate surface area is 234 Å². The normalized spacial score (nSPS) is 13.0. The van der Waals surface area contributed by atoms with E-state index in [0.717, 1.165) is 61.3 Å². The van der Waals surface area contributed by atoms with E-state index in [1.54, 1.807) is 0 Å². The summed E-state index contributed by atoms with van der Waals surface area (Å²) in [6, 6.07) is 2.40. The molecule has 0 aromatic heterocycles. The van der Waals surface area contributed by atoms with Gasteiger partial charge >= 0.3 is 0 Å². The van der Waals surface area contributed by atoms with Crippen LogP contribution in [0.3, 0.4) is 0 Å². The molecule has 0 amide bonds. The Bertz CT molecular complexity index is 491. The predicted molar refractivity (Wildman–Crippen MR) is 164 cm³/mol. The third-order valence-electron chi connectivity index (χ3n) is 7.43. The van der Waals surface area contributed by atoms with Crippen LogP contribution in [-0.4, -0.2) is 137 Å². The summed E-state index contributed by atoms with van der Waals surface area (Å²) in [5.41, 5.74) is 0. The van der Waals surface area contributed by atoms with Gasteiger partial charge in [0.25, 0.3) is 0 Å². The van der Waals surface area contributed by atoms with E-state index >= 15 is 0 Å². The first-order chi connectivity index (χ1) is 17.1. The minimum Gasteiger partial charge on any atom is -0.380 e. The van der Waals surface area contributed by atoms with Crippen molar-refractivity contribution in [2.75, 3.05) is 93.9 Å². The molecule has 0 heterocycles. The first-order valence-electron chi connectivity index (χ1n) is 15.4. The topological polar surface area (TPSA) is 24.9 Å². The Hall–Kier alpha value is -0.240. The van der Waals surface area contributed by atoms with Gasteiger partial charge in [0.2, 0.25) is 0 Å². The van der Waals surface area contributed by atoms with Crippen molar-refractivity contribution in [2.24, 2.45) is 0 Å². The molecule has 0 saturated heterocycles. The van der Waals surface area contributed by atoms with Crippen LogP contribution in [0.15, 0.2) is 0 Å². The number of nitrogens with zero attached hydrogens (tertiary/aromatic N) is 4. The monoisotopic (exact) mass is 533 g/mol. The summed E-state index contributed by atoms with van der Waals surface area (Å²) in [5, 5.41) is 0. The number of hydrogen-bond acceptors (Lipinski definition) is 4. The van der Waals surface area contributed by atoms with E-state index in [9.17, 15) is 0 Å². The van der Waals surface area contributed by atoms with Gasteiger partial charge in [-0.05, 0) is 68.7 Å². The molecule has 0 atom stereocenters. The highest BCUT2D eigenvalue weighted by molar-refractivity contribution is 4.67. The molecule has 0 aromatic carbocycles. The number of hydrogen-bond donors (Lipinski definition) is 0. The molecular formula is C31H72N4O2+2. The average molecular weight is 533 g/mol. The highest BCUT2D eigenvalue weighted by Gasteiger charge is 2.15. The van der Waals surface area contributed by atoms with E-state index in [1.165, 1.54) is 32.6 Å². The van der Waals surface area contributed by atoms with Crippen molar-refractivity contribution in [1.82, 2.24) is 9.80 Å². The van der Waals surface area contributed by atoms with Gasteiger partial charge in [0.15, 0.2) is 0 Å². The highest BCUT2D eigenvalue weighted by Crippen LogP contribution is 2.06. The summed E-state index contributed by atoms with van der Waals surface area (Å²) in [7, 11) is 9.17. The second-order valence-electron chi connectivity index (χ2n) is 13.1. The molecule has 0 rings (SSSR count). The fraction of sp³-hybridized carbons (Fsp3) is 1.00. The van der Waals surface area contributed by atoms with E-state index in [-0.39, 0.29) is 0 Å². The summed E-state index contributed by atoms with van der Waals surface area (Å²) in [6.45, 7) is 33.0. The Morgan fingerprint density at radius 3 is 1.16 bits per heavy atom. The van der Waals surface area contributed by atoms with Gasteiger partial charge < -0.3 is 18.4 Å². The van der Waals surface area contributed by atoms with Crippen molar-refractivity contribution in [1.29, 1.82) is 0 Å². The van der Waals surface area contributed by atoms with Crippen LogP contribution in [0.1, 0.15) is 88.5 Å². The quantitative estimate of drug-likeness (QED) is 0.142. The molecule has 0 aromatic rings. The summed E-state index contributed by atoms with van der Waals surface area (Å²) in [4.78, 5) is 4.96. The molecule has 226 valence electrons. The Balaban J connectivity index is 0. The third kappa shape index (κ3) is 22.3. The van der Waals surface area contributed by atoms with E-state index in [4.69, 9.17) is 9.47 Å². The SMILES string of the molecule is CCC[N+](C)(C)CCCOCCN(C(C)C)C(C)C.CC[N+](C)(C)CCCOCCN(C(C)C)C(C)C. The maximum absolute atomic E-state index is 5.79. The molecule has 0 unspecified atom stereocenters. The Morgan fingerprint density at radius 2 is 0.865 bits per heavy atom. The molecule has 0 fully saturated rings. The standard InChI is InChI=1S/C16H37N2O.C15H35N2O/c1-8-11-18(6,7)12-9-13-19-14-10-17(15(2)3)16(4)5;1-8-17(6,7)11-9-12-18-13-10-16(14(2)3)15(4)5/h15-16H,8-14H2,1-7H3;14-15H,8-13H2,1-7H3/q2*+1. The third-order valence-corrected chi connectivity index (χ3v) is 7.43. The molecule has 0 aliphatic rings. The molecule has 0 aliphatic carbocycles. The lowest BCUT2D eigenvalue weighted by Crippen LogP contribution is -2.41. The molecule has 0 N–H and O–H groups in total. The Kier molecular flexibility index (Phi) is 22.7. The Morgan fingerprint density at radius 1 is 0.514 bits per heavy atom. The fourth-order valence-electron chi connectivity index (χ4n) is 4.83. The van der Waals surface area contributed by atoms with Crippen molar-refractivity contribution < 1.29 is 18.4 Å². The van der Waals surface area contributed by atoms with Crippen LogP contribution in [0.4, 0.5) is 0 Å². The van der Waals surface area contributed by atoms with Crippen LogP contribution in [0.5, 0.6) is 0 Å². The average Bonchev–Trinajstić information content (AvgIpc) is 2.77. The van der Waals surface area contributed by atoms with Gasteiger partial charge in [-0.3, -0.25) is 9.80 Å². The molecular weight excluding hydrogens is 460 g/mol. The number of rotatable bonds is 21. The lowest BCUT2D eigenvalue weighted by atomic mass is 10.2. The molecule has 0 bridgehead atoms. The zero-order valence-corrected chi connectivity index (χ0v) is 28.1. The first kappa shape index (κ1) is 38.9. The van der Waals surface area contributed by atoms with Crippen molar-refractivity contribution >= 4 is 0 Å². The number of quaternary nitrogens is 2. The van der Waals surface area contributed by atoms with Gasteiger partial charge in [-0.25, -0.2) is 0 Å². The summed E-state index contributed by atoms with van der Waals surface area (Å²) >= 11 is 0. The second-order valence-corrected chi connectivity index (χ2v) is 13.1. The van der Waals surface area contributed by atoms with Gasteiger partial charge in [0.05, 0.1) is 80.8 Å². The molecule has 0 aliphatic heterocycles. The number of ether oxygens (including phenoxy) is 2. The smallest absolute Gasteiger partial charge is 0.0804 e. The zero-order chi connectivity index (χ0) is 29.1. The van der Waals surface area contributed by atoms with Gasteiger partial charge in [-0.2, -0.15) is 0 Å². The lowest BCUT2D eigenvalue weighted by Gasteiger charge is -2.30. The van der Waals surface area contributed by atoms with Gasteiger partial charge in [0.1, 0.15) is 0 Å². The maximum Gasteiger partial charge on any atom is 0.0804 e. The van der Waals surface area contributed by atoms with Crippen LogP contribution in [-0.2, 0) is 9.47 Å². The highest BCUT2D eigenvalue weighted by atomic mass is 16.5. The maximum atomic E-state index is 5.79. The lowest BCUT2D eigenvalue weighted by molar-refractivity contribution is -0.890. The van der Waals surface area contributed by atoms with Crippen LogP contribution in [0.25, 0.3) is 0 Å². The zero-order valence-electron chi connectivity index (χ0n) is 28.1. The predicted octanol–water partition coefficient (Wildman–Crippen LogP) is 5.61.